The van der Waals surface area contributed by atoms with E-state index in [1.165, 1.54) is 12.8 Å². The van der Waals surface area contributed by atoms with E-state index in [2.05, 4.69) is 4.90 Å². The van der Waals surface area contributed by atoms with Crippen molar-refractivity contribution < 1.29 is 14.3 Å². The van der Waals surface area contributed by atoms with Crippen LogP contribution in [-0.2, 0) is 0 Å². The molecule has 0 radical (unpaired) electrons. The summed E-state index contributed by atoms with van der Waals surface area (Å²) in [4.78, 5) is 15.1. The first-order chi connectivity index (χ1) is 10.3. The van der Waals surface area contributed by atoms with E-state index >= 15 is 0 Å². The van der Waals surface area contributed by atoms with Crippen LogP contribution in [0.2, 0.25) is 0 Å². The number of carbonyl (C=O) groups excluding carboxylic acids is 1. The summed E-state index contributed by atoms with van der Waals surface area (Å²) in [6.07, 6.45) is 7.14. The Kier molecular flexibility index (Phi) is 3.24. The Morgan fingerprint density at radius 1 is 0.952 bits per heavy atom. The number of rotatable bonds is 3. The number of ether oxygens (including phenoxy) is 2. The molecule has 1 heterocycles. The smallest absolute Gasteiger partial charge is 0.254 e. The van der Waals surface area contributed by atoms with Crippen LogP contribution in [0.1, 0.15) is 48.9 Å². The highest BCUT2D eigenvalue weighted by molar-refractivity contribution is 5.95. The Bertz CT molecular complexity index is 547. The number of hydrogen-bond donors (Lipinski definition) is 0. The molecule has 2 saturated carbocycles. The van der Waals surface area contributed by atoms with Gasteiger partial charge in [0.05, 0.1) is 0 Å². The van der Waals surface area contributed by atoms with E-state index in [-0.39, 0.29) is 5.91 Å². The number of nitrogens with zero attached hydrogens (tertiary/aromatic N) is 1. The first-order valence-corrected chi connectivity index (χ1v) is 8.05. The van der Waals surface area contributed by atoms with Crippen molar-refractivity contribution in [1.29, 1.82) is 0 Å². The molecule has 0 atom stereocenters. The predicted molar refractivity (Wildman–Crippen MR) is 78.9 cm³/mol. The van der Waals surface area contributed by atoms with Crippen LogP contribution in [0.3, 0.4) is 0 Å². The van der Waals surface area contributed by atoms with Crippen LogP contribution in [0.25, 0.3) is 0 Å². The van der Waals surface area contributed by atoms with Crippen LogP contribution >= 0.6 is 0 Å². The molecular formula is C17H21NO3. The van der Waals surface area contributed by atoms with Gasteiger partial charge in [0.1, 0.15) is 13.2 Å². The first kappa shape index (κ1) is 13.0. The molecule has 0 bridgehead atoms. The van der Waals surface area contributed by atoms with Crippen molar-refractivity contribution in [2.75, 3.05) is 13.2 Å². The summed E-state index contributed by atoms with van der Waals surface area (Å²) in [6, 6.07) is 6.50. The molecule has 0 spiro atoms. The van der Waals surface area contributed by atoms with Gasteiger partial charge in [-0.15, -0.1) is 0 Å². The van der Waals surface area contributed by atoms with E-state index in [0.29, 0.717) is 31.0 Å². The summed E-state index contributed by atoms with van der Waals surface area (Å²) in [5.41, 5.74) is 0.734. The zero-order chi connectivity index (χ0) is 14.2. The van der Waals surface area contributed by atoms with Crippen LogP contribution < -0.4 is 9.47 Å². The number of fused-ring (bicyclic) bond motifs is 1. The lowest BCUT2D eigenvalue weighted by Crippen LogP contribution is -2.40. The molecule has 3 aliphatic rings. The van der Waals surface area contributed by atoms with Crippen LogP contribution in [0.5, 0.6) is 11.5 Å². The summed E-state index contributed by atoms with van der Waals surface area (Å²) in [5.74, 6) is 1.62. The van der Waals surface area contributed by atoms with Crippen LogP contribution in [0.4, 0.5) is 0 Å². The second-order valence-electron chi connectivity index (χ2n) is 6.24. The molecule has 112 valence electrons. The second-order valence-corrected chi connectivity index (χ2v) is 6.24. The molecule has 0 saturated heterocycles. The fraction of sp³-hybridized carbons (Fsp3) is 0.588. The van der Waals surface area contributed by atoms with Gasteiger partial charge in [0.25, 0.3) is 5.91 Å². The maximum atomic E-state index is 12.9. The van der Waals surface area contributed by atoms with Crippen molar-refractivity contribution in [2.45, 2.75) is 50.6 Å². The average Bonchev–Trinajstić information content (AvgIpc) is 3.21. The zero-order valence-corrected chi connectivity index (χ0v) is 12.2. The number of amides is 1. The molecule has 0 aromatic heterocycles. The summed E-state index contributed by atoms with van der Waals surface area (Å²) >= 11 is 0. The molecule has 4 rings (SSSR count). The Balaban J connectivity index is 1.60. The Labute approximate surface area is 125 Å². The summed E-state index contributed by atoms with van der Waals surface area (Å²) in [5, 5.41) is 0. The van der Waals surface area contributed by atoms with Gasteiger partial charge in [-0.05, 0) is 43.9 Å². The molecule has 2 aliphatic carbocycles. The van der Waals surface area contributed by atoms with Gasteiger partial charge in [-0.2, -0.15) is 0 Å². The second kappa shape index (κ2) is 5.24. The van der Waals surface area contributed by atoms with Crippen molar-refractivity contribution in [2.24, 2.45) is 0 Å². The Morgan fingerprint density at radius 3 is 2.33 bits per heavy atom. The molecule has 1 aliphatic heterocycles. The first-order valence-electron chi connectivity index (χ1n) is 8.05. The highest BCUT2D eigenvalue weighted by Crippen LogP contribution is 2.37. The number of benzene rings is 1. The van der Waals surface area contributed by atoms with Crippen molar-refractivity contribution >= 4 is 5.91 Å². The lowest BCUT2D eigenvalue weighted by atomic mass is 10.1. The quantitative estimate of drug-likeness (QED) is 0.858. The number of carbonyl (C=O) groups is 1. The van der Waals surface area contributed by atoms with Crippen LogP contribution in [0.15, 0.2) is 18.2 Å². The molecule has 21 heavy (non-hydrogen) atoms. The van der Waals surface area contributed by atoms with Crippen LogP contribution in [0, 0.1) is 0 Å². The molecule has 1 aromatic carbocycles. The maximum Gasteiger partial charge on any atom is 0.254 e. The minimum Gasteiger partial charge on any atom is -0.486 e. The molecule has 1 aromatic rings. The third-order valence-corrected chi connectivity index (χ3v) is 4.68. The lowest BCUT2D eigenvalue weighted by Gasteiger charge is -2.29. The Hall–Kier alpha value is -1.71. The van der Waals surface area contributed by atoms with Crippen molar-refractivity contribution in [3.8, 4) is 11.5 Å². The SMILES string of the molecule is O=C(c1ccc2c(c1)OCCO2)N(C1CCCC1)C1CC1. The lowest BCUT2D eigenvalue weighted by molar-refractivity contribution is 0.0663. The normalized spacial score (nSPS) is 21.3. The number of hydrogen-bond acceptors (Lipinski definition) is 3. The van der Waals surface area contributed by atoms with Gasteiger partial charge in [0.2, 0.25) is 0 Å². The fourth-order valence-electron chi connectivity index (χ4n) is 3.49. The van der Waals surface area contributed by atoms with E-state index in [4.69, 9.17) is 9.47 Å². The Morgan fingerprint density at radius 2 is 1.62 bits per heavy atom. The van der Waals surface area contributed by atoms with E-state index in [9.17, 15) is 4.79 Å². The maximum absolute atomic E-state index is 12.9. The summed E-state index contributed by atoms with van der Waals surface area (Å²) < 4.78 is 11.1. The third kappa shape index (κ3) is 2.47. The zero-order valence-electron chi connectivity index (χ0n) is 12.2. The van der Waals surface area contributed by atoms with E-state index in [1.807, 2.05) is 18.2 Å². The molecule has 2 fully saturated rings. The van der Waals surface area contributed by atoms with Gasteiger partial charge in [0, 0.05) is 17.6 Å². The molecule has 0 N–H and O–H groups in total. The largest absolute Gasteiger partial charge is 0.486 e. The van der Waals surface area contributed by atoms with Crippen molar-refractivity contribution in [3.63, 3.8) is 0 Å². The van der Waals surface area contributed by atoms with E-state index < -0.39 is 0 Å². The highest BCUT2D eigenvalue weighted by Gasteiger charge is 2.38. The third-order valence-electron chi connectivity index (χ3n) is 4.68. The minimum atomic E-state index is 0.168. The molecule has 4 nitrogen and oxygen atoms in total. The van der Waals surface area contributed by atoms with E-state index in [0.717, 1.165) is 37.0 Å². The van der Waals surface area contributed by atoms with Gasteiger partial charge in [-0.1, -0.05) is 12.8 Å². The average molecular weight is 287 g/mol. The molecule has 0 unspecified atom stereocenters. The topological polar surface area (TPSA) is 38.8 Å². The van der Waals surface area contributed by atoms with Crippen molar-refractivity contribution in [3.05, 3.63) is 23.8 Å². The standard InChI is InChI=1S/C17H21NO3/c19-17(18(14-6-7-14)13-3-1-2-4-13)12-5-8-15-16(11-12)21-10-9-20-15/h5,8,11,13-14H,1-4,6-7,9-10H2. The summed E-state index contributed by atoms with van der Waals surface area (Å²) in [6.45, 7) is 1.14. The highest BCUT2D eigenvalue weighted by atomic mass is 16.6. The van der Waals surface area contributed by atoms with Gasteiger partial charge >= 0.3 is 0 Å². The van der Waals surface area contributed by atoms with Crippen LogP contribution in [-0.4, -0.2) is 36.1 Å². The predicted octanol–water partition coefficient (Wildman–Crippen LogP) is 3.01. The van der Waals surface area contributed by atoms with E-state index in [1.54, 1.807) is 0 Å². The monoisotopic (exact) mass is 287 g/mol. The van der Waals surface area contributed by atoms with Crippen molar-refractivity contribution in [1.82, 2.24) is 4.90 Å². The molecule has 4 heteroatoms. The molecule has 1 amide bonds. The van der Waals surface area contributed by atoms with Gasteiger partial charge in [-0.3, -0.25) is 4.79 Å². The fourth-order valence-corrected chi connectivity index (χ4v) is 3.49. The summed E-state index contributed by atoms with van der Waals surface area (Å²) in [7, 11) is 0. The molecular weight excluding hydrogens is 266 g/mol. The van der Waals surface area contributed by atoms with Gasteiger partial charge < -0.3 is 14.4 Å². The van der Waals surface area contributed by atoms with Gasteiger partial charge in [0.15, 0.2) is 11.5 Å². The van der Waals surface area contributed by atoms with Gasteiger partial charge in [-0.25, -0.2) is 0 Å². The minimum absolute atomic E-state index is 0.168.